The van der Waals surface area contributed by atoms with Crippen LogP contribution in [0.2, 0.25) is 0 Å². The number of nitrogens with one attached hydrogen (secondary N) is 1. The van der Waals surface area contributed by atoms with E-state index in [-0.39, 0.29) is 13.0 Å². The van der Waals surface area contributed by atoms with Gasteiger partial charge in [-0.1, -0.05) is 6.92 Å². The molecule has 0 radical (unpaired) electrons. The van der Waals surface area contributed by atoms with E-state index in [0.717, 1.165) is 17.7 Å². The number of halogens is 3. The lowest BCUT2D eigenvalue weighted by Gasteiger charge is -2.39. The van der Waals surface area contributed by atoms with Gasteiger partial charge in [0.15, 0.2) is 0 Å². The molecule has 1 heterocycles. The number of hydrogen-bond donors (Lipinski definition) is 1. The van der Waals surface area contributed by atoms with Crippen LogP contribution in [0.3, 0.4) is 0 Å². The first-order valence-electron chi connectivity index (χ1n) is 7.88. The molecule has 2 aliphatic rings. The van der Waals surface area contributed by atoms with Gasteiger partial charge in [0.05, 0.1) is 13.2 Å². The zero-order valence-corrected chi connectivity index (χ0v) is 13.4. The second-order valence-electron chi connectivity index (χ2n) is 6.62. The van der Waals surface area contributed by atoms with E-state index in [1.54, 1.807) is 0 Å². The second kappa shape index (κ2) is 6.67. The lowest BCUT2D eigenvalue weighted by molar-refractivity contribution is -0.159. The third kappa shape index (κ3) is 4.16. The van der Waals surface area contributed by atoms with E-state index >= 15 is 0 Å². The molecule has 8 heteroatoms. The molecule has 5 nitrogen and oxygen atoms in total. The number of ether oxygens (including phenoxy) is 1. The molecule has 1 amide bonds. The van der Waals surface area contributed by atoms with E-state index in [9.17, 15) is 22.8 Å². The lowest BCUT2D eigenvalue weighted by atomic mass is 9.76. The summed E-state index contributed by atoms with van der Waals surface area (Å²) in [6.45, 7) is 0.892. The number of methoxy groups -OCH3 is 1. The van der Waals surface area contributed by atoms with Crippen LogP contribution >= 0.6 is 0 Å². The first-order chi connectivity index (χ1) is 10.7. The molecular weight excluding hydrogens is 313 g/mol. The van der Waals surface area contributed by atoms with E-state index in [1.807, 2.05) is 0 Å². The topological polar surface area (TPSA) is 58.6 Å². The molecule has 23 heavy (non-hydrogen) atoms. The first-order valence-corrected chi connectivity index (χ1v) is 7.88. The number of carbonyl (C=O) groups is 2. The molecule has 1 saturated carbocycles. The van der Waals surface area contributed by atoms with Gasteiger partial charge in [-0.3, -0.25) is 14.9 Å². The zero-order valence-electron chi connectivity index (χ0n) is 13.4. The van der Waals surface area contributed by atoms with Crippen molar-refractivity contribution in [3.05, 3.63) is 0 Å². The van der Waals surface area contributed by atoms with Crippen LogP contribution in [0.1, 0.15) is 39.0 Å². The van der Waals surface area contributed by atoms with Crippen molar-refractivity contribution in [3.8, 4) is 0 Å². The number of nitrogens with zero attached hydrogens (tertiary/aromatic N) is 1. The summed E-state index contributed by atoms with van der Waals surface area (Å²) in [5.41, 5.74) is -0.962. The van der Waals surface area contributed by atoms with Crippen molar-refractivity contribution in [3.63, 3.8) is 0 Å². The Morgan fingerprint density at radius 2 is 1.96 bits per heavy atom. The van der Waals surface area contributed by atoms with Gasteiger partial charge in [-0.25, -0.2) is 0 Å². The fraction of sp³-hybridized carbons (Fsp3) is 0.867. The lowest BCUT2D eigenvalue weighted by Crippen LogP contribution is -2.59. The molecule has 0 unspecified atom stereocenters. The molecule has 1 N–H and O–H groups in total. The van der Waals surface area contributed by atoms with Gasteiger partial charge in [0.1, 0.15) is 12.1 Å². The minimum atomic E-state index is -4.41. The summed E-state index contributed by atoms with van der Waals surface area (Å²) in [5, 5.41) is 3.03. The van der Waals surface area contributed by atoms with Gasteiger partial charge in [-0.15, -0.1) is 0 Å². The van der Waals surface area contributed by atoms with Gasteiger partial charge in [-0.2, -0.15) is 13.2 Å². The molecule has 0 spiro atoms. The summed E-state index contributed by atoms with van der Waals surface area (Å²) in [7, 11) is 1.29. The van der Waals surface area contributed by atoms with Crippen LogP contribution in [-0.2, 0) is 14.3 Å². The van der Waals surface area contributed by atoms with Crippen LogP contribution in [0.25, 0.3) is 0 Å². The highest BCUT2D eigenvalue weighted by Gasteiger charge is 2.47. The molecule has 1 aliphatic heterocycles. The average Bonchev–Trinajstić information content (AvgIpc) is 2.80. The van der Waals surface area contributed by atoms with E-state index < -0.39 is 36.2 Å². The first kappa shape index (κ1) is 18.0. The minimum Gasteiger partial charge on any atom is -0.468 e. The summed E-state index contributed by atoms with van der Waals surface area (Å²) in [6.07, 6.45) is -1.45. The molecular formula is C15H23F3N2O3. The number of esters is 1. The Kier molecular flexibility index (Phi) is 5.23. The smallest absolute Gasteiger partial charge is 0.406 e. The Bertz CT molecular complexity index is 459. The number of carbonyl (C=O) groups excluding carboxylic acids is 2. The predicted molar refractivity (Wildman–Crippen MR) is 76.6 cm³/mol. The van der Waals surface area contributed by atoms with Crippen molar-refractivity contribution < 1.29 is 27.5 Å². The van der Waals surface area contributed by atoms with Gasteiger partial charge < -0.3 is 9.64 Å². The highest BCUT2D eigenvalue weighted by atomic mass is 19.4. The van der Waals surface area contributed by atoms with Crippen molar-refractivity contribution in [2.24, 2.45) is 5.92 Å². The third-order valence-corrected chi connectivity index (χ3v) is 4.82. The molecule has 2 fully saturated rings. The molecule has 0 aromatic heterocycles. The summed E-state index contributed by atoms with van der Waals surface area (Å²) >= 11 is 0. The van der Waals surface area contributed by atoms with E-state index in [0.29, 0.717) is 18.8 Å². The molecule has 2 rings (SSSR count). The summed E-state index contributed by atoms with van der Waals surface area (Å²) in [5.74, 6) is -0.550. The van der Waals surface area contributed by atoms with Crippen LogP contribution in [0, 0.1) is 5.92 Å². The summed E-state index contributed by atoms with van der Waals surface area (Å²) < 4.78 is 42.3. The standard InChI is InChI=1S/C15H23F3N2O3/c1-10-3-6-14(7-4-10,13(22)23-2)19-11-5-8-20(12(11)21)9-15(16,17)18/h10-11,19H,3-9H2,1-2H3/t10?,11-,14?/m0/s1. The quantitative estimate of drug-likeness (QED) is 0.796. The number of rotatable bonds is 4. The van der Waals surface area contributed by atoms with Gasteiger partial charge in [-0.05, 0) is 38.0 Å². The number of amides is 1. The monoisotopic (exact) mass is 336 g/mol. The molecule has 1 saturated heterocycles. The average molecular weight is 336 g/mol. The molecule has 132 valence electrons. The van der Waals surface area contributed by atoms with Crippen molar-refractivity contribution in [1.82, 2.24) is 10.2 Å². The predicted octanol–water partition coefficient (Wildman–Crippen LogP) is 1.86. The van der Waals surface area contributed by atoms with Crippen molar-refractivity contribution in [2.45, 2.75) is 56.8 Å². The van der Waals surface area contributed by atoms with E-state index in [4.69, 9.17) is 4.74 Å². The Balaban J connectivity index is 2.06. The Labute approximate surface area is 133 Å². The van der Waals surface area contributed by atoms with Crippen LogP contribution in [-0.4, -0.2) is 54.7 Å². The van der Waals surface area contributed by atoms with Crippen molar-refractivity contribution >= 4 is 11.9 Å². The number of likely N-dealkylation sites (tertiary alicyclic amines) is 1. The number of hydrogen-bond acceptors (Lipinski definition) is 4. The van der Waals surface area contributed by atoms with Crippen LogP contribution in [0.15, 0.2) is 0 Å². The Morgan fingerprint density at radius 3 is 2.48 bits per heavy atom. The highest BCUT2D eigenvalue weighted by molar-refractivity contribution is 5.86. The number of alkyl halides is 3. The van der Waals surface area contributed by atoms with E-state index in [2.05, 4.69) is 12.2 Å². The minimum absolute atomic E-state index is 0.0453. The largest absolute Gasteiger partial charge is 0.468 e. The molecule has 0 aromatic carbocycles. The second-order valence-corrected chi connectivity index (χ2v) is 6.62. The van der Waals surface area contributed by atoms with Crippen molar-refractivity contribution in [2.75, 3.05) is 20.2 Å². The third-order valence-electron chi connectivity index (χ3n) is 4.82. The summed E-state index contributed by atoms with van der Waals surface area (Å²) in [4.78, 5) is 25.2. The van der Waals surface area contributed by atoms with Gasteiger partial charge in [0.2, 0.25) is 5.91 Å². The SMILES string of the molecule is COC(=O)C1(N[C@H]2CCN(CC(F)(F)F)C2=O)CCC(C)CC1. The van der Waals surface area contributed by atoms with Crippen LogP contribution < -0.4 is 5.32 Å². The highest BCUT2D eigenvalue weighted by Crippen LogP contribution is 2.34. The maximum atomic E-state index is 12.5. The van der Waals surface area contributed by atoms with E-state index in [1.165, 1.54) is 7.11 Å². The van der Waals surface area contributed by atoms with Gasteiger partial charge >= 0.3 is 12.1 Å². The zero-order chi connectivity index (χ0) is 17.3. The van der Waals surface area contributed by atoms with Crippen LogP contribution in [0.4, 0.5) is 13.2 Å². The van der Waals surface area contributed by atoms with Gasteiger partial charge in [0, 0.05) is 6.54 Å². The van der Waals surface area contributed by atoms with Crippen LogP contribution in [0.5, 0.6) is 0 Å². The molecule has 0 bridgehead atoms. The fourth-order valence-corrected chi connectivity index (χ4v) is 3.44. The maximum absolute atomic E-state index is 12.5. The molecule has 0 aromatic rings. The fourth-order valence-electron chi connectivity index (χ4n) is 3.44. The van der Waals surface area contributed by atoms with Crippen molar-refractivity contribution in [1.29, 1.82) is 0 Å². The molecule has 1 aliphatic carbocycles. The Hall–Kier alpha value is -1.31. The maximum Gasteiger partial charge on any atom is 0.406 e. The van der Waals surface area contributed by atoms with Gasteiger partial charge in [0.25, 0.3) is 0 Å². The molecule has 1 atom stereocenters. The summed E-state index contributed by atoms with van der Waals surface area (Å²) in [6, 6.07) is -0.759. The Morgan fingerprint density at radius 1 is 1.35 bits per heavy atom. The normalized spacial score (nSPS) is 32.2.